The van der Waals surface area contributed by atoms with Gasteiger partial charge in [-0.2, -0.15) is 11.8 Å². The SMILES string of the molecule is CC(C)(C)[Si](C)(C)OC[C@@]1(C)Cc2nnc(C3(c4ccc(F)cc4F)CC3)n2CCS1. The van der Waals surface area contributed by atoms with Gasteiger partial charge >= 0.3 is 0 Å². The lowest BCUT2D eigenvalue weighted by atomic mass is 9.94. The Labute approximate surface area is 189 Å². The van der Waals surface area contributed by atoms with Crippen molar-refractivity contribution in [2.45, 2.75) is 81.8 Å². The Hall–Kier alpha value is -1.25. The van der Waals surface area contributed by atoms with E-state index in [4.69, 9.17) is 4.43 Å². The maximum Gasteiger partial charge on any atom is 0.192 e. The molecule has 0 bridgehead atoms. The number of nitrogens with zero attached hydrogens (tertiary/aromatic N) is 3. The van der Waals surface area contributed by atoms with Gasteiger partial charge in [-0.15, -0.1) is 10.2 Å². The van der Waals surface area contributed by atoms with Crippen LogP contribution in [0.5, 0.6) is 0 Å². The van der Waals surface area contributed by atoms with Crippen molar-refractivity contribution in [3.8, 4) is 0 Å². The highest BCUT2D eigenvalue weighted by atomic mass is 32.2. The Morgan fingerprint density at radius 1 is 1.19 bits per heavy atom. The number of hydrogen-bond donors (Lipinski definition) is 0. The van der Waals surface area contributed by atoms with Crippen LogP contribution in [0.4, 0.5) is 8.78 Å². The Balaban J connectivity index is 1.59. The van der Waals surface area contributed by atoms with E-state index in [0.29, 0.717) is 12.2 Å². The summed E-state index contributed by atoms with van der Waals surface area (Å²) in [6.07, 6.45) is 2.39. The van der Waals surface area contributed by atoms with Crippen LogP contribution >= 0.6 is 11.8 Å². The van der Waals surface area contributed by atoms with Crippen LogP contribution < -0.4 is 0 Å². The van der Waals surface area contributed by atoms with Gasteiger partial charge in [0.05, 0.1) is 5.41 Å². The molecular weight excluding hydrogens is 432 g/mol. The van der Waals surface area contributed by atoms with Gasteiger partial charge in [0.2, 0.25) is 0 Å². The first-order valence-corrected chi connectivity index (χ1v) is 14.9. The Morgan fingerprint density at radius 3 is 2.52 bits per heavy atom. The highest BCUT2D eigenvalue weighted by molar-refractivity contribution is 8.00. The summed E-state index contributed by atoms with van der Waals surface area (Å²) >= 11 is 1.92. The highest BCUT2D eigenvalue weighted by Crippen LogP contribution is 2.54. The minimum atomic E-state index is -1.84. The molecule has 4 rings (SSSR count). The normalized spacial score (nSPS) is 23.4. The summed E-state index contributed by atoms with van der Waals surface area (Å²) in [4.78, 5) is 0. The van der Waals surface area contributed by atoms with Crippen molar-refractivity contribution in [1.82, 2.24) is 14.8 Å². The van der Waals surface area contributed by atoms with Gasteiger partial charge in [0.25, 0.3) is 0 Å². The summed E-state index contributed by atoms with van der Waals surface area (Å²) in [7, 11) is -1.84. The van der Waals surface area contributed by atoms with Crippen LogP contribution in [-0.2, 0) is 22.8 Å². The fraction of sp³-hybridized carbons (Fsp3) is 0.652. The standard InChI is InChI=1S/C23H33F2N3OSSi/c1-21(2,3)31(5,6)29-15-22(4)14-19-26-27-20(28(19)11-12-30-22)23(9-10-23)17-8-7-16(24)13-18(17)25/h7-8,13H,9-12,14-15H2,1-6H3/t22-/m1/s1. The average molecular weight is 466 g/mol. The highest BCUT2D eigenvalue weighted by Gasteiger charge is 2.52. The number of rotatable bonds is 5. The van der Waals surface area contributed by atoms with Gasteiger partial charge in [-0.1, -0.05) is 26.8 Å². The maximum atomic E-state index is 14.6. The molecule has 0 unspecified atom stereocenters. The lowest BCUT2D eigenvalue weighted by Crippen LogP contribution is -2.45. The van der Waals surface area contributed by atoms with Crippen molar-refractivity contribution < 1.29 is 13.2 Å². The molecule has 4 nitrogen and oxygen atoms in total. The van der Waals surface area contributed by atoms with Gasteiger partial charge in [-0.3, -0.25) is 0 Å². The number of hydrogen-bond acceptors (Lipinski definition) is 4. The monoisotopic (exact) mass is 465 g/mol. The van der Waals surface area contributed by atoms with E-state index in [-0.39, 0.29) is 9.79 Å². The van der Waals surface area contributed by atoms with Crippen molar-refractivity contribution in [2.75, 3.05) is 12.4 Å². The molecule has 1 aliphatic carbocycles. The van der Waals surface area contributed by atoms with Crippen LogP contribution in [0.1, 0.15) is 57.7 Å². The van der Waals surface area contributed by atoms with Crippen molar-refractivity contribution >= 4 is 20.1 Å². The van der Waals surface area contributed by atoms with Crippen LogP contribution in [0.25, 0.3) is 0 Å². The van der Waals surface area contributed by atoms with Crippen molar-refractivity contribution in [2.24, 2.45) is 0 Å². The Kier molecular flexibility index (Phi) is 5.67. The first-order chi connectivity index (χ1) is 14.4. The van der Waals surface area contributed by atoms with Crippen molar-refractivity contribution in [1.29, 1.82) is 0 Å². The minimum absolute atomic E-state index is 0.0775. The first-order valence-electron chi connectivity index (χ1n) is 11.0. The predicted molar refractivity (Wildman–Crippen MR) is 124 cm³/mol. The van der Waals surface area contributed by atoms with Gasteiger partial charge in [0, 0.05) is 41.7 Å². The Bertz CT molecular complexity index is 984. The third kappa shape index (κ3) is 4.23. The number of aromatic nitrogens is 3. The van der Waals surface area contributed by atoms with Crippen LogP contribution in [0, 0.1) is 11.6 Å². The second-order valence-electron chi connectivity index (χ2n) is 10.8. The van der Waals surface area contributed by atoms with Gasteiger partial charge in [-0.25, -0.2) is 8.78 Å². The number of benzene rings is 1. The molecule has 170 valence electrons. The number of fused-ring (bicyclic) bond motifs is 1. The zero-order chi connectivity index (χ0) is 22.7. The number of thioether (sulfide) groups is 1. The molecule has 0 amide bonds. The van der Waals surface area contributed by atoms with Crippen molar-refractivity contribution in [3.63, 3.8) is 0 Å². The smallest absolute Gasteiger partial charge is 0.192 e. The molecule has 2 aromatic rings. The zero-order valence-electron chi connectivity index (χ0n) is 19.4. The van der Waals surface area contributed by atoms with Gasteiger partial charge in [0.15, 0.2) is 8.32 Å². The third-order valence-corrected chi connectivity index (χ3v) is 13.1. The lowest BCUT2D eigenvalue weighted by molar-refractivity contribution is 0.252. The summed E-state index contributed by atoms with van der Waals surface area (Å²) in [6, 6.07) is 3.88. The summed E-state index contributed by atoms with van der Waals surface area (Å²) in [6.45, 7) is 15.1. The molecule has 0 radical (unpaired) electrons. The summed E-state index contributed by atoms with van der Waals surface area (Å²) in [5.41, 5.74) is 0.0523. The van der Waals surface area contributed by atoms with Gasteiger partial charge in [0.1, 0.15) is 23.3 Å². The lowest BCUT2D eigenvalue weighted by Gasteiger charge is -2.39. The summed E-state index contributed by atoms with van der Waals surface area (Å²) in [5, 5.41) is 9.25. The predicted octanol–water partition coefficient (Wildman–Crippen LogP) is 5.71. The topological polar surface area (TPSA) is 39.9 Å². The van der Waals surface area contributed by atoms with Gasteiger partial charge < -0.3 is 8.99 Å². The average Bonchev–Trinajstić information content (AvgIpc) is 3.39. The van der Waals surface area contributed by atoms with E-state index in [1.165, 1.54) is 6.07 Å². The quantitative estimate of drug-likeness (QED) is 0.531. The van der Waals surface area contributed by atoms with E-state index < -0.39 is 25.4 Å². The van der Waals surface area contributed by atoms with Crippen molar-refractivity contribution in [3.05, 3.63) is 47.0 Å². The minimum Gasteiger partial charge on any atom is -0.415 e. The fourth-order valence-electron chi connectivity index (χ4n) is 4.08. The van der Waals surface area contributed by atoms with E-state index in [1.807, 2.05) is 11.8 Å². The molecular formula is C23H33F2N3OSSi. The van der Waals surface area contributed by atoms with Crippen LogP contribution in [0.15, 0.2) is 18.2 Å². The van der Waals surface area contributed by atoms with Crippen LogP contribution in [0.2, 0.25) is 18.1 Å². The van der Waals surface area contributed by atoms with Crippen LogP contribution in [0.3, 0.4) is 0 Å². The van der Waals surface area contributed by atoms with E-state index in [0.717, 1.165) is 49.3 Å². The second kappa shape index (κ2) is 7.66. The van der Waals surface area contributed by atoms with Crippen LogP contribution in [-0.4, -0.2) is 40.2 Å². The molecule has 1 fully saturated rings. The molecule has 1 atom stereocenters. The molecule has 0 spiro atoms. The second-order valence-corrected chi connectivity index (χ2v) is 17.3. The maximum absolute atomic E-state index is 14.6. The molecule has 1 aromatic heterocycles. The molecule has 1 aliphatic heterocycles. The molecule has 0 saturated heterocycles. The fourth-order valence-corrected chi connectivity index (χ4v) is 6.44. The van der Waals surface area contributed by atoms with E-state index >= 15 is 0 Å². The molecule has 0 N–H and O–H groups in total. The van der Waals surface area contributed by atoms with Gasteiger partial charge in [-0.05, 0) is 44.0 Å². The first kappa shape index (κ1) is 22.9. The summed E-state index contributed by atoms with van der Waals surface area (Å²) in [5.74, 6) is 1.65. The third-order valence-electron chi connectivity index (χ3n) is 7.29. The van der Waals surface area contributed by atoms with E-state index in [2.05, 4.69) is 55.6 Å². The summed E-state index contributed by atoms with van der Waals surface area (Å²) < 4.78 is 36.7. The Morgan fingerprint density at radius 2 is 1.90 bits per heavy atom. The van der Waals surface area contributed by atoms with E-state index in [9.17, 15) is 8.78 Å². The molecule has 8 heteroatoms. The molecule has 2 heterocycles. The largest absolute Gasteiger partial charge is 0.415 e. The zero-order valence-corrected chi connectivity index (χ0v) is 21.2. The molecule has 1 aromatic carbocycles. The van der Waals surface area contributed by atoms with E-state index in [1.54, 1.807) is 6.07 Å². The molecule has 31 heavy (non-hydrogen) atoms. The number of halogens is 2. The molecule has 2 aliphatic rings. The molecule has 1 saturated carbocycles.